The molecular formula is C20H18N2O3S. The molecule has 5 nitrogen and oxygen atoms in total. The lowest BCUT2D eigenvalue weighted by Crippen LogP contribution is -1.97. The Labute approximate surface area is 154 Å². The number of hydrogen-bond donors (Lipinski definition) is 1. The molecule has 0 amide bonds. The van der Waals surface area contributed by atoms with Crippen LogP contribution in [0, 0.1) is 12.3 Å². The molecule has 1 heterocycles. The molecule has 0 saturated carbocycles. The van der Waals surface area contributed by atoms with Crippen LogP contribution in [0.25, 0.3) is 22.5 Å². The second-order valence-electron chi connectivity index (χ2n) is 5.42. The van der Waals surface area contributed by atoms with Gasteiger partial charge in [-0.1, -0.05) is 5.92 Å². The Bertz CT molecular complexity index is 889. The monoisotopic (exact) mass is 366 g/mol. The second kappa shape index (κ2) is 7.89. The highest BCUT2D eigenvalue weighted by Gasteiger charge is 2.17. The van der Waals surface area contributed by atoms with Crippen molar-refractivity contribution in [3.63, 3.8) is 0 Å². The molecule has 1 atom stereocenters. The molecule has 26 heavy (non-hydrogen) atoms. The molecule has 0 saturated heterocycles. The zero-order valence-corrected chi connectivity index (χ0v) is 15.3. The van der Waals surface area contributed by atoms with Gasteiger partial charge in [0.15, 0.2) is 5.16 Å². The topological polar surface area (TPSA) is 64.2 Å². The minimum atomic E-state index is -1.38. The predicted octanol–water partition coefficient (Wildman–Crippen LogP) is 3.50. The van der Waals surface area contributed by atoms with Crippen molar-refractivity contribution in [2.45, 2.75) is 5.16 Å². The number of nitrogens with zero attached hydrogens (tertiary/aromatic N) is 1. The van der Waals surface area contributed by atoms with E-state index in [2.05, 4.69) is 15.9 Å². The van der Waals surface area contributed by atoms with Crippen LogP contribution < -0.4 is 9.47 Å². The number of aromatic amines is 1. The van der Waals surface area contributed by atoms with E-state index in [1.165, 1.54) is 0 Å². The van der Waals surface area contributed by atoms with Crippen molar-refractivity contribution in [2.24, 2.45) is 0 Å². The van der Waals surface area contributed by atoms with Gasteiger partial charge in [0.25, 0.3) is 0 Å². The SMILES string of the molecule is C#CCS(=O)c1nc(-c2ccc(OC)cc2)c(-c2ccc(OC)cc2)[nH]1. The molecule has 0 bridgehead atoms. The molecule has 6 heteroatoms. The maximum absolute atomic E-state index is 12.3. The largest absolute Gasteiger partial charge is 0.497 e. The second-order valence-corrected chi connectivity index (χ2v) is 6.78. The first-order chi connectivity index (χ1) is 12.7. The van der Waals surface area contributed by atoms with Crippen molar-refractivity contribution in [3.05, 3.63) is 48.5 Å². The third kappa shape index (κ3) is 3.63. The van der Waals surface area contributed by atoms with E-state index in [1.54, 1.807) is 14.2 Å². The Morgan fingerprint density at radius 2 is 1.54 bits per heavy atom. The fourth-order valence-electron chi connectivity index (χ4n) is 2.53. The van der Waals surface area contributed by atoms with Crippen molar-refractivity contribution in [2.75, 3.05) is 20.0 Å². The highest BCUT2D eigenvalue weighted by atomic mass is 32.2. The number of hydrogen-bond acceptors (Lipinski definition) is 4. The molecule has 1 aromatic heterocycles. The molecule has 1 unspecified atom stereocenters. The van der Waals surface area contributed by atoms with Gasteiger partial charge in [-0.05, 0) is 48.5 Å². The lowest BCUT2D eigenvalue weighted by atomic mass is 10.0. The fourth-order valence-corrected chi connectivity index (χ4v) is 3.22. The van der Waals surface area contributed by atoms with Crippen LogP contribution in [0.4, 0.5) is 0 Å². The molecule has 1 N–H and O–H groups in total. The predicted molar refractivity (Wildman–Crippen MR) is 103 cm³/mol. The van der Waals surface area contributed by atoms with Gasteiger partial charge in [-0.25, -0.2) is 4.98 Å². The molecule has 0 aliphatic heterocycles. The van der Waals surface area contributed by atoms with Crippen LogP contribution in [-0.2, 0) is 10.8 Å². The lowest BCUT2D eigenvalue weighted by Gasteiger charge is -2.06. The first-order valence-corrected chi connectivity index (χ1v) is 9.19. The Hall–Kier alpha value is -3.04. The van der Waals surface area contributed by atoms with E-state index in [1.807, 2.05) is 48.5 Å². The summed E-state index contributed by atoms with van der Waals surface area (Å²) in [6.45, 7) is 0. The summed E-state index contributed by atoms with van der Waals surface area (Å²) < 4.78 is 22.7. The van der Waals surface area contributed by atoms with Gasteiger partial charge in [0.2, 0.25) is 0 Å². The van der Waals surface area contributed by atoms with Crippen LogP contribution in [0.1, 0.15) is 0 Å². The average Bonchev–Trinajstić information content (AvgIpc) is 3.14. The van der Waals surface area contributed by atoms with E-state index < -0.39 is 10.8 Å². The van der Waals surface area contributed by atoms with Crippen molar-refractivity contribution in [1.29, 1.82) is 0 Å². The summed E-state index contributed by atoms with van der Waals surface area (Å²) in [5.74, 6) is 4.04. The van der Waals surface area contributed by atoms with Crippen LogP contribution in [0.2, 0.25) is 0 Å². The van der Waals surface area contributed by atoms with E-state index in [4.69, 9.17) is 15.9 Å². The van der Waals surface area contributed by atoms with Gasteiger partial charge in [-0.15, -0.1) is 6.42 Å². The number of methoxy groups -OCH3 is 2. The van der Waals surface area contributed by atoms with Crippen molar-refractivity contribution < 1.29 is 13.7 Å². The molecule has 0 aliphatic rings. The maximum atomic E-state index is 12.3. The molecule has 132 valence electrons. The van der Waals surface area contributed by atoms with Crippen LogP contribution in [0.5, 0.6) is 11.5 Å². The first-order valence-electron chi connectivity index (χ1n) is 7.87. The van der Waals surface area contributed by atoms with Gasteiger partial charge in [-0.3, -0.25) is 4.21 Å². The summed E-state index contributed by atoms with van der Waals surface area (Å²) in [4.78, 5) is 7.72. The summed E-state index contributed by atoms with van der Waals surface area (Å²) in [5, 5.41) is 0.361. The van der Waals surface area contributed by atoms with E-state index in [9.17, 15) is 4.21 Å². The molecule has 3 rings (SSSR count). The van der Waals surface area contributed by atoms with E-state index in [-0.39, 0.29) is 5.75 Å². The minimum Gasteiger partial charge on any atom is -0.497 e. The number of rotatable bonds is 6. The Morgan fingerprint density at radius 3 is 2.04 bits per heavy atom. The molecule has 2 aromatic carbocycles. The van der Waals surface area contributed by atoms with E-state index >= 15 is 0 Å². The molecular weight excluding hydrogens is 348 g/mol. The zero-order chi connectivity index (χ0) is 18.5. The Kier molecular flexibility index (Phi) is 5.40. The number of benzene rings is 2. The number of ether oxygens (including phenoxy) is 2. The Morgan fingerprint density at radius 1 is 1.00 bits per heavy atom. The zero-order valence-electron chi connectivity index (χ0n) is 14.5. The highest BCUT2D eigenvalue weighted by Crippen LogP contribution is 2.32. The number of imidazole rings is 1. The fraction of sp³-hybridized carbons (Fsp3) is 0.150. The number of H-pyrrole nitrogens is 1. The van der Waals surface area contributed by atoms with Crippen LogP contribution in [0.3, 0.4) is 0 Å². The first kappa shape index (κ1) is 17.8. The van der Waals surface area contributed by atoms with Crippen LogP contribution in [0.15, 0.2) is 53.7 Å². The number of nitrogens with one attached hydrogen (secondary N) is 1. The van der Waals surface area contributed by atoms with Crippen LogP contribution >= 0.6 is 0 Å². The third-order valence-corrected chi connectivity index (χ3v) is 4.91. The van der Waals surface area contributed by atoms with Gasteiger partial charge >= 0.3 is 0 Å². The van der Waals surface area contributed by atoms with Gasteiger partial charge in [-0.2, -0.15) is 0 Å². The average molecular weight is 366 g/mol. The lowest BCUT2D eigenvalue weighted by molar-refractivity contribution is 0.414. The smallest absolute Gasteiger partial charge is 0.198 e. The standard InChI is InChI=1S/C20H18N2O3S/c1-4-13-26(23)20-21-18(14-5-9-16(24-2)10-6-14)19(22-20)15-7-11-17(25-3)12-8-15/h1,5-12H,13H2,2-3H3,(H,21,22). The summed E-state index contributed by atoms with van der Waals surface area (Å²) in [6, 6.07) is 15.1. The van der Waals surface area contributed by atoms with Crippen molar-refractivity contribution >= 4 is 10.8 Å². The van der Waals surface area contributed by atoms with Gasteiger partial charge in [0.05, 0.1) is 31.4 Å². The summed E-state index contributed by atoms with van der Waals surface area (Å²) >= 11 is 0. The maximum Gasteiger partial charge on any atom is 0.198 e. The summed E-state index contributed by atoms with van der Waals surface area (Å²) in [5.41, 5.74) is 3.28. The third-order valence-electron chi connectivity index (χ3n) is 3.85. The minimum absolute atomic E-state index is 0.109. The summed E-state index contributed by atoms with van der Waals surface area (Å²) in [6.07, 6.45) is 5.29. The van der Waals surface area contributed by atoms with Gasteiger partial charge < -0.3 is 14.5 Å². The van der Waals surface area contributed by atoms with E-state index in [0.717, 1.165) is 28.3 Å². The molecule has 0 spiro atoms. The number of aromatic nitrogens is 2. The van der Waals surface area contributed by atoms with Crippen molar-refractivity contribution in [3.8, 4) is 46.4 Å². The van der Waals surface area contributed by atoms with Gasteiger partial charge in [0.1, 0.15) is 22.3 Å². The quantitative estimate of drug-likeness (QED) is 0.678. The Balaban J connectivity index is 2.10. The van der Waals surface area contributed by atoms with Crippen LogP contribution in [-0.4, -0.2) is 34.1 Å². The van der Waals surface area contributed by atoms with E-state index in [0.29, 0.717) is 10.9 Å². The van der Waals surface area contributed by atoms with Crippen molar-refractivity contribution in [1.82, 2.24) is 9.97 Å². The summed E-state index contributed by atoms with van der Waals surface area (Å²) in [7, 11) is 1.85. The molecule has 0 aliphatic carbocycles. The molecule has 0 fully saturated rings. The highest BCUT2D eigenvalue weighted by molar-refractivity contribution is 7.85. The van der Waals surface area contributed by atoms with Gasteiger partial charge in [0, 0.05) is 11.1 Å². The molecule has 0 radical (unpaired) electrons. The molecule has 3 aromatic rings. The number of terminal acetylenes is 1. The normalized spacial score (nSPS) is 11.6.